The van der Waals surface area contributed by atoms with Gasteiger partial charge in [-0.15, -0.1) is 0 Å². The Morgan fingerprint density at radius 2 is 1.30 bits per heavy atom. The lowest BCUT2D eigenvalue weighted by Crippen LogP contribution is -2.25. The summed E-state index contributed by atoms with van der Waals surface area (Å²) in [7, 11) is 0. The molecule has 1 aliphatic rings. The summed E-state index contributed by atoms with van der Waals surface area (Å²) in [5.74, 6) is -1.06. The lowest BCUT2D eigenvalue weighted by Gasteiger charge is -2.19. The van der Waals surface area contributed by atoms with Gasteiger partial charge in [0.1, 0.15) is 19.3 Å². The molecule has 0 aromatic carbocycles. The molecule has 0 unspecified atom stereocenters. The van der Waals surface area contributed by atoms with E-state index in [1.54, 1.807) is 6.08 Å². The second-order valence-corrected chi connectivity index (χ2v) is 12.3. The molecule has 0 saturated heterocycles. The molecule has 0 amide bonds. The van der Waals surface area contributed by atoms with E-state index < -0.39 is 30.4 Å². The van der Waals surface area contributed by atoms with Crippen molar-refractivity contribution in [2.24, 2.45) is 11.8 Å². The lowest BCUT2D eigenvalue weighted by atomic mass is 9.89. The summed E-state index contributed by atoms with van der Waals surface area (Å²) in [6, 6.07) is 0. The minimum absolute atomic E-state index is 0.115. The zero-order valence-corrected chi connectivity index (χ0v) is 27.0. The van der Waals surface area contributed by atoms with Crippen molar-refractivity contribution in [3.05, 3.63) is 24.3 Å². The zero-order chi connectivity index (χ0) is 31.7. The highest BCUT2D eigenvalue weighted by molar-refractivity contribution is 5.69. The van der Waals surface area contributed by atoms with E-state index in [2.05, 4.69) is 13.8 Å². The second-order valence-electron chi connectivity index (χ2n) is 12.3. The number of carbonyl (C=O) groups is 2. The van der Waals surface area contributed by atoms with Gasteiger partial charge >= 0.3 is 11.9 Å². The monoisotopic (exact) mass is 610 g/mol. The van der Waals surface area contributed by atoms with Crippen LogP contribution in [0.15, 0.2) is 24.3 Å². The van der Waals surface area contributed by atoms with Crippen LogP contribution in [-0.2, 0) is 19.1 Å². The van der Waals surface area contributed by atoms with Crippen LogP contribution in [-0.4, -0.2) is 70.0 Å². The van der Waals surface area contributed by atoms with Gasteiger partial charge in [0.25, 0.3) is 0 Å². The van der Waals surface area contributed by atoms with Crippen LogP contribution in [0.5, 0.6) is 0 Å². The summed E-state index contributed by atoms with van der Waals surface area (Å²) in [6.07, 6.45) is 21.9. The Hall–Kier alpha value is -1.74. The molecular weight excluding hydrogens is 548 g/mol. The summed E-state index contributed by atoms with van der Waals surface area (Å²) in [4.78, 5) is 23.9. The fourth-order valence-electron chi connectivity index (χ4n) is 5.55. The van der Waals surface area contributed by atoms with Gasteiger partial charge in [-0.25, -0.2) is 0 Å². The van der Waals surface area contributed by atoms with Crippen molar-refractivity contribution in [1.82, 2.24) is 0 Å². The average molecular weight is 611 g/mol. The standard InChI is InChI=1S/C35H62O8/c1-3-5-7-8-9-10-11-12-17-21-34(40)42-26-29(37)27-43-35(41)22-18-14-13-16-20-30-31(33(39)25-32(30)38)24-23-28(36)19-15-6-4-2/h13,16,23-24,28-33,36-39H,3-12,14-15,17-22,25-27H2,1-2H3/b16-13+,24-23+/t28-,29+,30+,31+,32-,33+/m0/s1. The summed E-state index contributed by atoms with van der Waals surface area (Å²) in [6.45, 7) is 3.95. The molecule has 8 nitrogen and oxygen atoms in total. The number of hydrogen-bond donors (Lipinski definition) is 4. The van der Waals surface area contributed by atoms with Crippen LogP contribution in [0.2, 0.25) is 0 Å². The van der Waals surface area contributed by atoms with Crippen molar-refractivity contribution in [2.45, 2.75) is 160 Å². The van der Waals surface area contributed by atoms with Crippen LogP contribution in [0.3, 0.4) is 0 Å². The maximum atomic E-state index is 12.0. The molecule has 0 aromatic rings. The van der Waals surface area contributed by atoms with Crippen LogP contribution in [0, 0.1) is 11.8 Å². The number of unbranched alkanes of at least 4 members (excludes halogenated alkanes) is 11. The molecule has 0 aromatic heterocycles. The maximum Gasteiger partial charge on any atom is 0.305 e. The molecule has 250 valence electrons. The molecule has 1 rings (SSSR count). The summed E-state index contributed by atoms with van der Waals surface area (Å²) in [5, 5.41) is 40.9. The van der Waals surface area contributed by atoms with Crippen LogP contribution in [0.4, 0.5) is 0 Å². The summed E-state index contributed by atoms with van der Waals surface area (Å²) >= 11 is 0. The largest absolute Gasteiger partial charge is 0.463 e. The van der Waals surface area contributed by atoms with Gasteiger partial charge in [0.2, 0.25) is 0 Å². The van der Waals surface area contributed by atoms with Gasteiger partial charge in [0.05, 0.1) is 18.3 Å². The number of aliphatic hydroxyl groups excluding tert-OH is 4. The fraction of sp³-hybridized carbons (Fsp3) is 0.829. The first-order chi connectivity index (χ1) is 20.8. The molecule has 0 bridgehead atoms. The quantitative estimate of drug-likeness (QED) is 0.0508. The van der Waals surface area contributed by atoms with Gasteiger partial charge in [-0.3, -0.25) is 9.59 Å². The smallest absolute Gasteiger partial charge is 0.305 e. The van der Waals surface area contributed by atoms with Crippen LogP contribution < -0.4 is 0 Å². The molecule has 1 fully saturated rings. The summed E-state index contributed by atoms with van der Waals surface area (Å²) in [5.41, 5.74) is 0. The Morgan fingerprint density at radius 3 is 1.93 bits per heavy atom. The van der Waals surface area contributed by atoms with E-state index in [-0.39, 0.29) is 37.4 Å². The van der Waals surface area contributed by atoms with Crippen molar-refractivity contribution in [2.75, 3.05) is 13.2 Å². The maximum absolute atomic E-state index is 12.0. The Morgan fingerprint density at radius 1 is 0.744 bits per heavy atom. The molecule has 0 radical (unpaired) electrons. The third-order valence-corrected chi connectivity index (χ3v) is 8.26. The Bertz CT molecular complexity index is 767. The van der Waals surface area contributed by atoms with E-state index in [1.165, 1.54) is 38.5 Å². The Balaban J connectivity index is 2.14. The molecule has 0 heterocycles. The molecule has 0 spiro atoms. The molecular formula is C35H62O8. The average Bonchev–Trinajstić information content (AvgIpc) is 3.25. The van der Waals surface area contributed by atoms with Gasteiger partial charge in [0.15, 0.2) is 0 Å². The van der Waals surface area contributed by atoms with E-state index >= 15 is 0 Å². The van der Waals surface area contributed by atoms with Crippen LogP contribution >= 0.6 is 0 Å². The predicted octanol–water partition coefficient (Wildman–Crippen LogP) is 6.33. The zero-order valence-electron chi connectivity index (χ0n) is 27.0. The van der Waals surface area contributed by atoms with Gasteiger partial charge in [-0.05, 0) is 38.0 Å². The molecule has 0 aliphatic heterocycles. The third kappa shape index (κ3) is 20.0. The van der Waals surface area contributed by atoms with Gasteiger partial charge in [-0.2, -0.15) is 0 Å². The van der Waals surface area contributed by atoms with E-state index in [1.807, 2.05) is 18.2 Å². The number of hydrogen-bond acceptors (Lipinski definition) is 8. The Kier molecular flexibility index (Phi) is 23.4. The first kappa shape index (κ1) is 39.3. The van der Waals surface area contributed by atoms with Crippen molar-refractivity contribution in [3.8, 4) is 0 Å². The van der Waals surface area contributed by atoms with Crippen molar-refractivity contribution in [1.29, 1.82) is 0 Å². The van der Waals surface area contributed by atoms with Crippen molar-refractivity contribution >= 4 is 11.9 Å². The SMILES string of the molecule is CCCCCCCCCCCC(=O)OC[C@@H](O)COC(=O)CCC/C=C/C[C@@H]1[C@@H](/C=C/[C@@H](O)CCCCC)[C@H](O)C[C@@H]1O. The minimum atomic E-state index is -1.04. The minimum Gasteiger partial charge on any atom is -0.463 e. The highest BCUT2D eigenvalue weighted by Crippen LogP contribution is 2.36. The summed E-state index contributed by atoms with van der Waals surface area (Å²) < 4.78 is 10.2. The van der Waals surface area contributed by atoms with Gasteiger partial charge in [0, 0.05) is 25.2 Å². The third-order valence-electron chi connectivity index (χ3n) is 8.26. The predicted molar refractivity (Wildman–Crippen MR) is 170 cm³/mol. The van der Waals surface area contributed by atoms with Crippen LogP contribution in [0.1, 0.15) is 136 Å². The van der Waals surface area contributed by atoms with Crippen molar-refractivity contribution in [3.63, 3.8) is 0 Å². The molecule has 1 saturated carbocycles. The van der Waals surface area contributed by atoms with E-state index in [0.29, 0.717) is 38.5 Å². The number of carbonyl (C=O) groups excluding carboxylic acids is 2. The number of ether oxygens (including phenoxy) is 2. The Labute approximate surface area is 260 Å². The van der Waals surface area contributed by atoms with Gasteiger partial charge < -0.3 is 29.9 Å². The number of esters is 2. The lowest BCUT2D eigenvalue weighted by molar-refractivity contribution is -0.152. The van der Waals surface area contributed by atoms with Gasteiger partial charge in [-0.1, -0.05) is 109 Å². The number of rotatable bonds is 26. The molecule has 6 atom stereocenters. The number of allylic oxidation sites excluding steroid dienone is 2. The first-order valence-electron chi connectivity index (χ1n) is 17.1. The fourth-order valence-corrected chi connectivity index (χ4v) is 5.55. The van der Waals surface area contributed by atoms with Crippen molar-refractivity contribution < 1.29 is 39.5 Å². The van der Waals surface area contributed by atoms with Crippen LogP contribution in [0.25, 0.3) is 0 Å². The molecule has 43 heavy (non-hydrogen) atoms. The normalized spacial score (nSPS) is 21.9. The molecule has 1 aliphatic carbocycles. The number of aliphatic hydroxyl groups is 4. The van der Waals surface area contributed by atoms with E-state index in [0.717, 1.165) is 38.5 Å². The highest BCUT2D eigenvalue weighted by Gasteiger charge is 2.39. The topological polar surface area (TPSA) is 134 Å². The highest BCUT2D eigenvalue weighted by atomic mass is 16.6. The van der Waals surface area contributed by atoms with E-state index in [9.17, 15) is 30.0 Å². The molecule has 8 heteroatoms. The van der Waals surface area contributed by atoms with E-state index in [4.69, 9.17) is 9.47 Å². The molecule has 4 N–H and O–H groups in total. The second kappa shape index (κ2) is 25.6. The first-order valence-corrected chi connectivity index (χ1v) is 17.1.